The number of nitrogens with one attached hydrogen (secondary N) is 1. The van der Waals surface area contributed by atoms with E-state index in [0.29, 0.717) is 16.9 Å². The molecule has 4 N–H and O–H groups in total. The number of rotatable bonds is 4. The van der Waals surface area contributed by atoms with E-state index in [1.165, 1.54) is 0 Å². The number of carbonyl (C=O) groups is 1. The van der Waals surface area contributed by atoms with Crippen LogP contribution < -0.4 is 11.1 Å². The normalized spacial score (nSPS) is 10.5. The zero-order valence-corrected chi connectivity index (χ0v) is 11.7. The quantitative estimate of drug-likeness (QED) is 0.639. The molecular formula is C16H14N4O2. The highest BCUT2D eigenvalue weighted by Crippen LogP contribution is 2.28. The molecule has 0 saturated carbocycles. The molecule has 6 heteroatoms. The molecule has 0 amide bonds. The molecule has 6 nitrogen and oxygen atoms in total. The molecule has 0 radical (unpaired) electrons. The minimum Gasteiger partial charge on any atom is -0.480 e. The molecule has 0 aliphatic carbocycles. The number of nitrogen functional groups attached to an aromatic ring is 1. The second-order valence-electron chi connectivity index (χ2n) is 4.79. The van der Waals surface area contributed by atoms with Gasteiger partial charge in [-0.05, 0) is 18.2 Å². The van der Waals surface area contributed by atoms with Gasteiger partial charge in [0.05, 0.1) is 11.2 Å². The fourth-order valence-electron chi connectivity index (χ4n) is 2.20. The van der Waals surface area contributed by atoms with Crippen molar-refractivity contribution in [2.24, 2.45) is 0 Å². The summed E-state index contributed by atoms with van der Waals surface area (Å²) in [5.74, 6) is -0.694. The lowest BCUT2D eigenvalue weighted by Crippen LogP contribution is -2.14. The summed E-state index contributed by atoms with van der Waals surface area (Å²) in [5.41, 5.74) is 8.82. The Morgan fingerprint density at radius 2 is 1.91 bits per heavy atom. The predicted molar refractivity (Wildman–Crippen MR) is 85.5 cm³/mol. The number of nitrogens with zero attached hydrogens (tertiary/aromatic N) is 2. The van der Waals surface area contributed by atoms with Crippen molar-refractivity contribution in [1.29, 1.82) is 0 Å². The van der Waals surface area contributed by atoms with Gasteiger partial charge < -0.3 is 16.2 Å². The molecule has 110 valence electrons. The Hall–Kier alpha value is -3.15. The summed E-state index contributed by atoms with van der Waals surface area (Å²) in [6.07, 6.45) is 0. The highest BCUT2D eigenvalue weighted by Gasteiger charge is 2.10. The number of anilines is 2. The van der Waals surface area contributed by atoms with Crippen molar-refractivity contribution in [3.8, 4) is 11.3 Å². The van der Waals surface area contributed by atoms with E-state index in [1.54, 1.807) is 12.1 Å². The minimum absolute atomic E-state index is 0.241. The summed E-state index contributed by atoms with van der Waals surface area (Å²) in [6, 6.07) is 15.0. The third-order valence-corrected chi connectivity index (χ3v) is 3.16. The lowest BCUT2D eigenvalue weighted by Gasteiger charge is -2.10. The van der Waals surface area contributed by atoms with Crippen LogP contribution in [0.3, 0.4) is 0 Å². The highest BCUT2D eigenvalue weighted by atomic mass is 16.4. The fraction of sp³-hybridized carbons (Fsp3) is 0.0625. The number of hydrogen-bond donors (Lipinski definition) is 3. The second-order valence-corrected chi connectivity index (χ2v) is 4.79. The lowest BCUT2D eigenvalue weighted by atomic mass is 10.1. The first-order chi connectivity index (χ1) is 10.6. The molecule has 0 atom stereocenters. The maximum absolute atomic E-state index is 10.7. The number of benzene rings is 2. The highest BCUT2D eigenvalue weighted by molar-refractivity contribution is 5.95. The van der Waals surface area contributed by atoms with Crippen LogP contribution in [0.15, 0.2) is 48.5 Å². The van der Waals surface area contributed by atoms with Gasteiger partial charge in [0.2, 0.25) is 5.95 Å². The third kappa shape index (κ3) is 2.80. The van der Waals surface area contributed by atoms with E-state index in [-0.39, 0.29) is 12.5 Å². The van der Waals surface area contributed by atoms with Crippen molar-refractivity contribution in [3.63, 3.8) is 0 Å². The molecular weight excluding hydrogens is 280 g/mol. The van der Waals surface area contributed by atoms with E-state index in [2.05, 4.69) is 15.3 Å². The van der Waals surface area contributed by atoms with Crippen LogP contribution in [0.5, 0.6) is 0 Å². The Morgan fingerprint density at radius 1 is 1.14 bits per heavy atom. The molecule has 2 aromatic carbocycles. The predicted octanol–water partition coefficient (Wildman–Crippen LogP) is 2.38. The van der Waals surface area contributed by atoms with E-state index >= 15 is 0 Å². The average Bonchev–Trinajstić information content (AvgIpc) is 2.53. The molecule has 0 saturated heterocycles. The van der Waals surface area contributed by atoms with Crippen LogP contribution in [0.25, 0.3) is 22.2 Å². The van der Waals surface area contributed by atoms with Crippen LogP contribution in [0, 0.1) is 0 Å². The van der Waals surface area contributed by atoms with Gasteiger partial charge >= 0.3 is 5.97 Å². The first-order valence-corrected chi connectivity index (χ1v) is 6.72. The van der Waals surface area contributed by atoms with Crippen LogP contribution in [0.2, 0.25) is 0 Å². The first-order valence-electron chi connectivity index (χ1n) is 6.72. The summed E-state index contributed by atoms with van der Waals surface area (Å²) < 4.78 is 0. The summed E-state index contributed by atoms with van der Waals surface area (Å²) in [5, 5.41) is 12.3. The van der Waals surface area contributed by atoms with Gasteiger partial charge in [0, 0.05) is 16.6 Å². The van der Waals surface area contributed by atoms with Crippen LogP contribution >= 0.6 is 0 Å². The van der Waals surface area contributed by atoms with E-state index in [9.17, 15) is 4.79 Å². The largest absolute Gasteiger partial charge is 0.480 e. The number of carboxylic acid groups (broad SMARTS) is 1. The molecule has 1 heterocycles. The molecule has 22 heavy (non-hydrogen) atoms. The van der Waals surface area contributed by atoms with E-state index < -0.39 is 5.97 Å². The van der Waals surface area contributed by atoms with Gasteiger partial charge in [0.15, 0.2) is 0 Å². The Morgan fingerprint density at radius 3 is 2.64 bits per heavy atom. The van der Waals surface area contributed by atoms with E-state index in [1.807, 2.05) is 36.4 Å². The number of nitrogens with two attached hydrogens (primary N) is 1. The van der Waals surface area contributed by atoms with Crippen molar-refractivity contribution in [1.82, 2.24) is 9.97 Å². The molecule has 0 aliphatic heterocycles. The molecule has 3 rings (SSSR count). The molecule has 0 bridgehead atoms. The zero-order chi connectivity index (χ0) is 15.5. The van der Waals surface area contributed by atoms with Crippen LogP contribution in [-0.4, -0.2) is 27.6 Å². The minimum atomic E-state index is -0.970. The van der Waals surface area contributed by atoms with Crippen molar-refractivity contribution in [3.05, 3.63) is 48.5 Å². The first kappa shape index (κ1) is 13.8. The van der Waals surface area contributed by atoms with Gasteiger partial charge in [-0.25, -0.2) is 9.97 Å². The summed E-state index contributed by atoms with van der Waals surface area (Å²) in [4.78, 5) is 19.5. The van der Waals surface area contributed by atoms with Gasteiger partial charge in [-0.15, -0.1) is 0 Å². The number of carboxylic acids is 1. The van der Waals surface area contributed by atoms with Crippen LogP contribution in [-0.2, 0) is 4.79 Å². The summed E-state index contributed by atoms with van der Waals surface area (Å²) >= 11 is 0. The Bertz CT molecular complexity index is 834. The maximum atomic E-state index is 10.7. The molecule has 0 unspecified atom stereocenters. The second kappa shape index (κ2) is 5.69. The van der Waals surface area contributed by atoms with Crippen molar-refractivity contribution >= 4 is 28.5 Å². The lowest BCUT2D eigenvalue weighted by molar-refractivity contribution is -0.134. The standard InChI is InChI=1S/C16H14N4O2/c17-11-6-7-13-12(8-11)15(10-4-2-1-3-5-10)20-16(19-13)18-9-14(21)22/h1-8H,9,17H2,(H,21,22)(H,18,19,20). The Balaban J connectivity index is 2.17. The molecule has 1 aromatic heterocycles. The Kier molecular flexibility index (Phi) is 3.57. The van der Waals surface area contributed by atoms with E-state index in [4.69, 9.17) is 10.8 Å². The SMILES string of the molecule is Nc1ccc2nc(NCC(=O)O)nc(-c3ccccc3)c2c1. The smallest absolute Gasteiger partial charge is 0.322 e. The number of aliphatic carboxylic acids is 1. The molecule has 0 fully saturated rings. The monoisotopic (exact) mass is 294 g/mol. The topological polar surface area (TPSA) is 101 Å². The maximum Gasteiger partial charge on any atom is 0.322 e. The molecule has 0 aliphatic rings. The van der Waals surface area contributed by atoms with Gasteiger partial charge in [-0.2, -0.15) is 0 Å². The number of aromatic nitrogens is 2. The van der Waals surface area contributed by atoms with Gasteiger partial charge in [0.25, 0.3) is 0 Å². The van der Waals surface area contributed by atoms with Crippen LogP contribution in [0.4, 0.5) is 11.6 Å². The van der Waals surface area contributed by atoms with Crippen molar-refractivity contribution in [2.45, 2.75) is 0 Å². The Labute approximate surface area is 126 Å². The van der Waals surface area contributed by atoms with Gasteiger partial charge in [-0.1, -0.05) is 30.3 Å². The van der Waals surface area contributed by atoms with Gasteiger partial charge in [-0.3, -0.25) is 4.79 Å². The molecule has 0 spiro atoms. The average molecular weight is 294 g/mol. The number of fused-ring (bicyclic) bond motifs is 1. The zero-order valence-electron chi connectivity index (χ0n) is 11.7. The third-order valence-electron chi connectivity index (χ3n) is 3.16. The van der Waals surface area contributed by atoms with Crippen LogP contribution in [0.1, 0.15) is 0 Å². The van der Waals surface area contributed by atoms with Crippen molar-refractivity contribution in [2.75, 3.05) is 17.6 Å². The summed E-state index contributed by atoms with van der Waals surface area (Å²) in [7, 11) is 0. The van der Waals surface area contributed by atoms with E-state index in [0.717, 1.165) is 10.9 Å². The van der Waals surface area contributed by atoms with Crippen molar-refractivity contribution < 1.29 is 9.90 Å². The number of hydrogen-bond acceptors (Lipinski definition) is 5. The fourth-order valence-corrected chi connectivity index (χ4v) is 2.20. The van der Waals surface area contributed by atoms with Gasteiger partial charge in [0.1, 0.15) is 6.54 Å². The summed E-state index contributed by atoms with van der Waals surface area (Å²) in [6.45, 7) is -0.241. The molecule has 3 aromatic rings.